The SMILES string of the molecule is CC(N)CCN(C)C(=O)C1CCOc2ccccc21. The fraction of sp³-hybridized carbons (Fsp3) is 0.533. The quantitative estimate of drug-likeness (QED) is 0.899. The number of nitrogens with two attached hydrogens (primary N) is 1. The number of hydrogen-bond acceptors (Lipinski definition) is 3. The number of nitrogens with zero attached hydrogens (tertiary/aromatic N) is 1. The second kappa shape index (κ2) is 6.06. The van der Waals surface area contributed by atoms with E-state index in [9.17, 15) is 4.79 Å². The molecule has 19 heavy (non-hydrogen) atoms. The van der Waals surface area contributed by atoms with Gasteiger partial charge in [0, 0.05) is 25.2 Å². The minimum Gasteiger partial charge on any atom is -0.493 e. The molecule has 2 N–H and O–H groups in total. The molecular formula is C15H22N2O2. The largest absolute Gasteiger partial charge is 0.493 e. The van der Waals surface area contributed by atoms with Crippen LogP contribution in [0.5, 0.6) is 5.75 Å². The summed E-state index contributed by atoms with van der Waals surface area (Å²) in [4.78, 5) is 14.3. The number of likely N-dealkylation sites (N-methyl/N-ethyl adjacent to an activating group) is 1. The molecule has 0 saturated carbocycles. The van der Waals surface area contributed by atoms with Gasteiger partial charge in [-0.15, -0.1) is 0 Å². The first kappa shape index (κ1) is 13.9. The summed E-state index contributed by atoms with van der Waals surface area (Å²) in [6.07, 6.45) is 1.57. The molecule has 1 aliphatic rings. The van der Waals surface area contributed by atoms with Crippen molar-refractivity contribution in [2.24, 2.45) is 5.73 Å². The van der Waals surface area contributed by atoms with Crippen LogP contribution in [0.25, 0.3) is 0 Å². The predicted octanol–water partition coefficient (Wildman–Crippen LogP) is 1.75. The Morgan fingerprint density at radius 1 is 1.53 bits per heavy atom. The first-order valence-corrected chi connectivity index (χ1v) is 6.82. The summed E-state index contributed by atoms with van der Waals surface area (Å²) in [7, 11) is 1.85. The number of ether oxygens (including phenoxy) is 1. The standard InChI is InChI=1S/C15H22N2O2/c1-11(16)7-9-17(2)15(18)13-8-10-19-14-6-4-3-5-12(13)14/h3-6,11,13H,7-10,16H2,1-2H3. The number of benzene rings is 1. The molecule has 0 saturated heterocycles. The van der Waals surface area contributed by atoms with Gasteiger partial charge < -0.3 is 15.4 Å². The lowest BCUT2D eigenvalue weighted by molar-refractivity contribution is -0.132. The number of carbonyl (C=O) groups is 1. The van der Waals surface area contributed by atoms with Crippen molar-refractivity contribution >= 4 is 5.91 Å². The summed E-state index contributed by atoms with van der Waals surface area (Å²) in [5, 5.41) is 0. The molecule has 0 radical (unpaired) electrons. The van der Waals surface area contributed by atoms with E-state index >= 15 is 0 Å². The monoisotopic (exact) mass is 262 g/mol. The van der Waals surface area contributed by atoms with Gasteiger partial charge in [0.2, 0.25) is 5.91 Å². The molecule has 1 heterocycles. The number of rotatable bonds is 4. The van der Waals surface area contributed by atoms with Crippen molar-refractivity contribution in [3.05, 3.63) is 29.8 Å². The van der Waals surface area contributed by atoms with Crippen molar-refractivity contribution in [3.8, 4) is 5.75 Å². The zero-order valence-corrected chi connectivity index (χ0v) is 11.6. The highest BCUT2D eigenvalue weighted by atomic mass is 16.5. The van der Waals surface area contributed by atoms with E-state index in [4.69, 9.17) is 10.5 Å². The number of amides is 1. The summed E-state index contributed by atoms with van der Waals surface area (Å²) < 4.78 is 5.59. The van der Waals surface area contributed by atoms with Crippen molar-refractivity contribution in [1.29, 1.82) is 0 Å². The Labute approximate surface area is 114 Å². The Morgan fingerprint density at radius 3 is 3.00 bits per heavy atom. The molecule has 0 spiro atoms. The average Bonchev–Trinajstić information content (AvgIpc) is 2.43. The average molecular weight is 262 g/mol. The molecule has 2 rings (SSSR count). The molecule has 0 bridgehead atoms. The number of hydrogen-bond donors (Lipinski definition) is 1. The highest BCUT2D eigenvalue weighted by Gasteiger charge is 2.29. The molecule has 1 aromatic rings. The molecule has 1 aliphatic heterocycles. The second-order valence-corrected chi connectivity index (χ2v) is 5.25. The smallest absolute Gasteiger partial charge is 0.230 e. The second-order valence-electron chi connectivity index (χ2n) is 5.25. The van der Waals surface area contributed by atoms with Crippen molar-refractivity contribution in [2.45, 2.75) is 31.7 Å². The van der Waals surface area contributed by atoms with E-state index in [0.29, 0.717) is 13.2 Å². The van der Waals surface area contributed by atoms with Crippen LogP contribution in [0.3, 0.4) is 0 Å². The Morgan fingerprint density at radius 2 is 2.26 bits per heavy atom. The topological polar surface area (TPSA) is 55.6 Å². The zero-order valence-electron chi connectivity index (χ0n) is 11.6. The van der Waals surface area contributed by atoms with Crippen LogP contribution < -0.4 is 10.5 Å². The lowest BCUT2D eigenvalue weighted by Gasteiger charge is -2.29. The molecule has 0 aliphatic carbocycles. The summed E-state index contributed by atoms with van der Waals surface area (Å²) in [6, 6.07) is 7.92. The van der Waals surface area contributed by atoms with Crippen LogP contribution in [0.2, 0.25) is 0 Å². The van der Waals surface area contributed by atoms with Gasteiger partial charge in [0.1, 0.15) is 5.75 Å². The summed E-state index contributed by atoms with van der Waals surface area (Å²) >= 11 is 0. The molecule has 2 atom stereocenters. The fourth-order valence-corrected chi connectivity index (χ4v) is 2.37. The molecule has 1 aromatic carbocycles. The molecule has 104 valence electrons. The van der Waals surface area contributed by atoms with Gasteiger partial charge in [-0.05, 0) is 25.8 Å². The summed E-state index contributed by atoms with van der Waals surface area (Å²) in [5.74, 6) is 0.923. The number of para-hydroxylation sites is 1. The highest BCUT2D eigenvalue weighted by molar-refractivity contribution is 5.84. The lowest BCUT2D eigenvalue weighted by Crippen LogP contribution is -2.36. The van der Waals surface area contributed by atoms with Gasteiger partial charge in [-0.1, -0.05) is 18.2 Å². The number of fused-ring (bicyclic) bond motifs is 1. The van der Waals surface area contributed by atoms with E-state index in [1.807, 2.05) is 38.2 Å². The molecule has 1 amide bonds. The number of carbonyl (C=O) groups excluding carboxylic acids is 1. The van der Waals surface area contributed by atoms with Crippen LogP contribution in [0.15, 0.2) is 24.3 Å². The maximum absolute atomic E-state index is 12.5. The van der Waals surface area contributed by atoms with E-state index in [-0.39, 0.29) is 17.9 Å². The van der Waals surface area contributed by atoms with Gasteiger partial charge in [-0.25, -0.2) is 0 Å². The third-order valence-corrected chi connectivity index (χ3v) is 3.55. The van der Waals surface area contributed by atoms with Crippen molar-refractivity contribution in [1.82, 2.24) is 4.90 Å². The molecule has 4 nitrogen and oxygen atoms in total. The van der Waals surface area contributed by atoms with Crippen molar-refractivity contribution in [3.63, 3.8) is 0 Å². The molecule has 0 aromatic heterocycles. The molecule has 4 heteroatoms. The van der Waals surface area contributed by atoms with Gasteiger partial charge in [-0.3, -0.25) is 4.79 Å². The maximum atomic E-state index is 12.5. The Bertz CT molecular complexity index is 446. The van der Waals surface area contributed by atoms with Crippen LogP contribution in [0, 0.1) is 0 Å². The highest BCUT2D eigenvalue weighted by Crippen LogP contribution is 2.34. The third kappa shape index (κ3) is 3.26. The molecular weight excluding hydrogens is 240 g/mol. The molecule has 2 unspecified atom stereocenters. The van der Waals surface area contributed by atoms with Gasteiger partial charge >= 0.3 is 0 Å². The zero-order chi connectivity index (χ0) is 13.8. The predicted molar refractivity (Wildman–Crippen MR) is 75.2 cm³/mol. The van der Waals surface area contributed by atoms with E-state index in [2.05, 4.69) is 0 Å². The summed E-state index contributed by atoms with van der Waals surface area (Å²) in [5.41, 5.74) is 6.74. The van der Waals surface area contributed by atoms with Crippen LogP contribution in [-0.4, -0.2) is 37.0 Å². The Kier molecular flexibility index (Phi) is 4.43. The minimum absolute atomic E-state index is 0.0805. The van der Waals surface area contributed by atoms with Crippen LogP contribution in [-0.2, 0) is 4.79 Å². The van der Waals surface area contributed by atoms with Gasteiger partial charge in [0.05, 0.1) is 12.5 Å². The van der Waals surface area contributed by atoms with E-state index in [0.717, 1.165) is 24.2 Å². The third-order valence-electron chi connectivity index (χ3n) is 3.55. The van der Waals surface area contributed by atoms with E-state index < -0.39 is 0 Å². The van der Waals surface area contributed by atoms with Crippen molar-refractivity contribution < 1.29 is 9.53 Å². The van der Waals surface area contributed by atoms with Gasteiger partial charge in [0.15, 0.2) is 0 Å². The van der Waals surface area contributed by atoms with Crippen LogP contribution >= 0.6 is 0 Å². The van der Waals surface area contributed by atoms with E-state index in [1.54, 1.807) is 4.90 Å². The van der Waals surface area contributed by atoms with Gasteiger partial charge in [0.25, 0.3) is 0 Å². The van der Waals surface area contributed by atoms with Crippen molar-refractivity contribution in [2.75, 3.05) is 20.2 Å². The summed E-state index contributed by atoms with van der Waals surface area (Å²) in [6.45, 7) is 3.27. The normalized spacial score (nSPS) is 19.2. The Hall–Kier alpha value is -1.55. The maximum Gasteiger partial charge on any atom is 0.230 e. The first-order chi connectivity index (χ1) is 9.09. The first-order valence-electron chi connectivity index (χ1n) is 6.82. The van der Waals surface area contributed by atoms with E-state index in [1.165, 1.54) is 0 Å². The fourth-order valence-electron chi connectivity index (χ4n) is 2.37. The lowest BCUT2D eigenvalue weighted by atomic mass is 9.92. The minimum atomic E-state index is -0.0805. The van der Waals surface area contributed by atoms with Crippen LogP contribution in [0.1, 0.15) is 31.2 Å². The van der Waals surface area contributed by atoms with Gasteiger partial charge in [-0.2, -0.15) is 0 Å². The Balaban J connectivity index is 2.08. The van der Waals surface area contributed by atoms with Crippen LogP contribution in [0.4, 0.5) is 0 Å². The molecule has 0 fully saturated rings.